The quantitative estimate of drug-likeness (QED) is 0.463. The maximum absolute atomic E-state index is 13.4. The number of methoxy groups -OCH3 is 1. The van der Waals surface area contributed by atoms with Crippen LogP contribution in [0.5, 0.6) is 5.75 Å². The molecule has 0 fully saturated rings. The normalized spacial score (nSPS) is 12.5. The Morgan fingerprint density at radius 2 is 1.78 bits per heavy atom. The molecule has 0 saturated carbocycles. The maximum Gasteiger partial charge on any atom is 0.242 e. The molecule has 2 rings (SSSR count). The van der Waals surface area contributed by atoms with Gasteiger partial charge in [0.2, 0.25) is 21.8 Å². The van der Waals surface area contributed by atoms with Crippen LogP contribution in [0.4, 0.5) is 5.69 Å². The van der Waals surface area contributed by atoms with Crippen molar-refractivity contribution in [3.8, 4) is 5.75 Å². The molecule has 198 valence electrons. The van der Waals surface area contributed by atoms with Gasteiger partial charge in [0.05, 0.1) is 19.1 Å². The summed E-state index contributed by atoms with van der Waals surface area (Å²) in [6.07, 6.45) is 1.42. The average Bonchev–Trinajstić information content (AvgIpc) is 2.78. The molecule has 0 saturated heterocycles. The molecular formula is C26H36ClN3O5S. The first kappa shape index (κ1) is 29.5. The Kier molecular flexibility index (Phi) is 10.2. The molecule has 1 atom stereocenters. The molecule has 0 bridgehead atoms. The summed E-state index contributed by atoms with van der Waals surface area (Å²) in [5.74, 6) is -0.117. The number of rotatable bonds is 11. The van der Waals surface area contributed by atoms with E-state index >= 15 is 0 Å². The zero-order chi connectivity index (χ0) is 27.1. The Hall–Kier alpha value is -2.78. The summed E-state index contributed by atoms with van der Waals surface area (Å²) in [4.78, 5) is 27.8. The SMILES string of the molecule is COc1ccccc1N(CCCC(=O)N(Cc1cccc(Cl)c1)[C@@H](C)C(=O)NC(C)(C)C)S(C)(=O)=O. The van der Waals surface area contributed by atoms with Gasteiger partial charge >= 0.3 is 0 Å². The number of hydrogen-bond acceptors (Lipinski definition) is 5. The van der Waals surface area contributed by atoms with Crippen LogP contribution in [0.15, 0.2) is 48.5 Å². The highest BCUT2D eigenvalue weighted by Gasteiger charge is 2.29. The fraction of sp³-hybridized carbons (Fsp3) is 0.462. The highest BCUT2D eigenvalue weighted by Crippen LogP contribution is 2.29. The summed E-state index contributed by atoms with van der Waals surface area (Å²) in [5, 5.41) is 3.45. The third-order valence-electron chi connectivity index (χ3n) is 5.41. The molecule has 0 unspecified atom stereocenters. The molecule has 2 aromatic rings. The number of para-hydroxylation sites is 2. The number of nitrogens with one attached hydrogen (secondary N) is 1. The molecule has 2 amide bonds. The molecular weight excluding hydrogens is 502 g/mol. The van der Waals surface area contributed by atoms with Gasteiger partial charge in [-0.3, -0.25) is 13.9 Å². The molecule has 0 heterocycles. The Balaban J connectivity index is 2.22. The number of hydrogen-bond donors (Lipinski definition) is 1. The van der Waals surface area contributed by atoms with Crippen LogP contribution in [0.2, 0.25) is 5.02 Å². The monoisotopic (exact) mass is 537 g/mol. The van der Waals surface area contributed by atoms with Crippen LogP contribution in [-0.2, 0) is 26.2 Å². The van der Waals surface area contributed by atoms with Crippen molar-refractivity contribution < 1.29 is 22.7 Å². The van der Waals surface area contributed by atoms with Gasteiger partial charge in [-0.2, -0.15) is 0 Å². The van der Waals surface area contributed by atoms with Gasteiger partial charge in [0.1, 0.15) is 11.8 Å². The first-order chi connectivity index (χ1) is 16.7. The number of ether oxygens (including phenoxy) is 1. The van der Waals surface area contributed by atoms with E-state index in [9.17, 15) is 18.0 Å². The van der Waals surface area contributed by atoms with Crippen molar-refractivity contribution in [2.45, 2.75) is 58.7 Å². The van der Waals surface area contributed by atoms with Crippen LogP contribution in [0.25, 0.3) is 0 Å². The second kappa shape index (κ2) is 12.5. The van der Waals surface area contributed by atoms with Crippen molar-refractivity contribution in [1.82, 2.24) is 10.2 Å². The number of halogens is 1. The lowest BCUT2D eigenvalue weighted by Crippen LogP contribution is -2.52. The number of carbonyl (C=O) groups is 2. The first-order valence-corrected chi connectivity index (χ1v) is 13.9. The zero-order valence-corrected chi connectivity index (χ0v) is 23.3. The molecule has 2 aromatic carbocycles. The smallest absolute Gasteiger partial charge is 0.242 e. The highest BCUT2D eigenvalue weighted by atomic mass is 35.5. The molecule has 10 heteroatoms. The fourth-order valence-corrected chi connectivity index (χ4v) is 4.89. The summed E-state index contributed by atoms with van der Waals surface area (Å²) in [5.41, 5.74) is 0.739. The zero-order valence-electron chi connectivity index (χ0n) is 21.7. The molecule has 36 heavy (non-hydrogen) atoms. The van der Waals surface area contributed by atoms with Gasteiger partial charge in [-0.1, -0.05) is 35.9 Å². The molecule has 0 aliphatic heterocycles. The highest BCUT2D eigenvalue weighted by molar-refractivity contribution is 7.92. The van der Waals surface area contributed by atoms with Crippen molar-refractivity contribution >= 4 is 39.1 Å². The van der Waals surface area contributed by atoms with Crippen molar-refractivity contribution in [2.24, 2.45) is 0 Å². The lowest BCUT2D eigenvalue weighted by Gasteiger charge is -2.32. The van der Waals surface area contributed by atoms with Crippen molar-refractivity contribution in [3.05, 3.63) is 59.1 Å². The molecule has 8 nitrogen and oxygen atoms in total. The second-order valence-electron chi connectivity index (χ2n) is 9.68. The number of anilines is 1. The average molecular weight is 538 g/mol. The topological polar surface area (TPSA) is 96.0 Å². The lowest BCUT2D eigenvalue weighted by atomic mass is 10.1. The van der Waals surface area contributed by atoms with Gasteiger partial charge in [0.25, 0.3) is 0 Å². The van der Waals surface area contributed by atoms with Crippen molar-refractivity contribution in [2.75, 3.05) is 24.2 Å². The summed E-state index contributed by atoms with van der Waals surface area (Å²) in [7, 11) is -2.15. The lowest BCUT2D eigenvalue weighted by molar-refractivity contribution is -0.141. The van der Waals surface area contributed by atoms with E-state index < -0.39 is 21.6 Å². The van der Waals surface area contributed by atoms with E-state index in [1.165, 1.54) is 16.3 Å². The predicted molar refractivity (Wildman–Crippen MR) is 144 cm³/mol. The Morgan fingerprint density at radius 1 is 1.11 bits per heavy atom. The molecule has 0 aliphatic carbocycles. The molecule has 0 radical (unpaired) electrons. The predicted octanol–water partition coefficient (Wildman–Crippen LogP) is 4.23. The molecule has 0 aliphatic rings. The third-order valence-corrected chi connectivity index (χ3v) is 6.83. The van der Waals surface area contributed by atoms with E-state index in [0.29, 0.717) is 16.5 Å². The third kappa shape index (κ3) is 8.71. The van der Waals surface area contributed by atoms with Gasteiger partial charge in [0.15, 0.2) is 0 Å². The molecule has 0 aromatic heterocycles. The number of carbonyl (C=O) groups excluding carboxylic acids is 2. The van der Waals surface area contributed by atoms with Crippen LogP contribution in [-0.4, -0.2) is 56.6 Å². The van der Waals surface area contributed by atoms with Crippen LogP contribution >= 0.6 is 11.6 Å². The van der Waals surface area contributed by atoms with E-state index in [4.69, 9.17) is 16.3 Å². The van der Waals surface area contributed by atoms with Crippen molar-refractivity contribution in [3.63, 3.8) is 0 Å². The number of benzene rings is 2. The maximum atomic E-state index is 13.4. The minimum Gasteiger partial charge on any atom is -0.495 e. The standard InChI is InChI=1S/C26H36ClN3O5S/c1-19(25(32)28-26(2,3)4)29(18-20-11-9-12-21(27)17-20)24(31)15-10-16-30(36(6,33)34)22-13-7-8-14-23(22)35-5/h7-9,11-14,17,19H,10,15-16,18H2,1-6H3,(H,28,32)/t19-/m0/s1. The fourth-order valence-electron chi connectivity index (χ4n) is 3.71. The number of amides is 2. The first-order valence-electron chi connectivity index (χ1n) is 11.7. The van der Waals surface area contributed by atoms with Gasteiger partial charge in [-0.25, -0.2) is 8.42 Å². The van der Waals surface area contributed by atoms with Crippen LogP contribution in [0.3, 0.4) is 0 Å². The minimum atomic E-state index is -3.62. The summed E-state index contributed by atoms with van der Waals surface area (Å²) < 4.78 is 31.6. The van der Waals surface area contributed by atoms with Crippen LogP contribution < -0.4 is 14.4 Å². The van der Waals surface area contributed by atoms with Crippen LogP contribution in [0, 0.1) is 0 Å². The largest absolute Gasteiger partial charge is 0.495 e. The van der Waals surface area contributed by atoms with E-state index in [1.807, 2.05) is 26.8 Å². The van der Waals surface area contributed by atoms with Gasteiger partial charge in [0, 0.05) is 30.1 Å². The number of sulfonamides is 1. The molecule has 1 N–H and O–H groups in total. The van der Waals surface area contributed by atoms with E-state index in [1.54, 1.807) is 49.4 Å². The van der Waals surface area contributed by atoms with Crippen molar-refractivity contribution in [1.29, 1.82) is 0 Å². The summed E-state index contributed by atoms with van der Waals surface area (Å²) >= 11 is 6.13. The van der Waals surface area contributed by atoms with Crippen LogP contribution in [0.1, 0.15) is 46.1 Å². The van der Waals surface area contributed by atoms with Gasteiger partial charge in [-0.15, -0.1) is 0 Å². The van der Waals surface area contributed by atoms with E-state index in [-0.39, 0.29) is 37.7 Å². The van der Waals surface area contributed by atoms with E-state index in [0.717, 1.165) is 11.8 Å². The summed E-state index contributed by atoms with van der Waals surface area (Å²) in [6.45, 7) is 7.58. The van der Waals surface area contributed by atoms with E-state index in [2.05, 4.69) is 5.32 Å². The summed E-state index contributed by atoms with van der Waals surface area (Å²) in [6, 6.07) is 13.2. The number of nitrogens with zero attached hydrogens (tertiary/aromatic N) is 2. The Labute approximate surface area is 219 Å². The Morgan fingerprint density at radius 3 is 2.36 bits per heavy atom. The second-order valence-corrected chi connectivity index (χ2v) is 12.0. The minimum absolute atomic E-state index is 0.0505. The van der Waals surface area contributed by atoms with Gasteiger partial charge < -0.3 is 15.0 Å². The molecule has 0 spiro atoms. The Bertz CT molecular complexity index is 1160. The van der Waals surface area contributed by atoms with Gasteiger partial charge in [-0.05, 0) is 63.9 Å².